The maximum atomic E-state index is 13.8. The summed E-state index contributed by atoms with van der Waals surface area (Å²) in [6.07, 6.45) is 3.65. The third-order valence-electron chi connectivity index (χ3n) is 3.83. The van der Waals surface area contributed by atoms with Crippen LogP contribution in [0.1, 0.15) is 23.2 Å². The molecule has 0 saturated heterocycles. The molecule has 0 saturated carbocycles. The molecule has 2 rings (SSSR count). The van der Waals surface area contributed by atoms with Crippen LogP contribution in [0.2, 0.25) is 0 Å². The second-order valence-electron chi connectivity index (χ2n) is 6.03. The van der Waals surface area contributed by atoms with Crippen LogP contribution in [0.15, 0.2) is 35.5 Å². The normalized spacial score (nSPS) is 11.5. The Morgan fingerprint density at radius 3 is 2.81 bits per heavy atom. The highest BCUT2D eigenvalue weighted by molar-refractivity contribution is 7.11. The molecule has 1 heterocycles. The van der Waals surface area contributed by atoms with Crippen molar-refractivity contribution in [3.63, 3.8) is 0 Å². The predicted molar refractivity (Wildman–Crippen MR) is 109 cm³/mol. The summed E-state index contributed by atoms with van der Waals surface area (Å²) in [5.74, 6) is 0.625. The number of nitrogens with zero attached hydrogens (tertiary/aromatic N) is 3. The highest BCUT2D eigenvalue weighted by atomic mass is 32.1. The molecule has 0 amide bonds. The molecule has 0 fully saturated rings. The van der Waals surface area contributed by atoms with E-state index in [9.17, 15) is 4.39 Å². The minimum atomic E-state index is -0.189. The summed E-state index contributed by atoms with van der Waals surface area (Å²) in [6.45, 7) is 7.17. The lowest BCUT2D eigenvalue weighted by atomic mass is 10.2. The van der Waals surface area contributed by atoms with E-state index < -0.39 is 0 Å². The first kappa shape index (κ1) is 20.2. The van der Waals surface area contributed by atoms with Crippen molar-refractivity contribution in [1.29, 1.82) is 0 Å². The summed E-state index contributed by atoms with van der Waals surface area (Å²) in [4.78, 5) is 12.1. The van der Waals surface area contributed by atoms with Crippen LogP contribution in [-0.2, 0) is 6.42 Å². The Balaban J connectivity index is 1.74. The Kier molecular flexibility index (Phi) is 8.34. The number of hydrogen-bond donors (Lipinski definition) is 2. The zero-order chi connectivity index (χ0) is 18.8. The maximum absolute atomic E-state index is 13.8. The molecule has 0 atom stereocenters. The fraction of sp³-hybridized carbons (Fsp3) is 0.474. The SMILES string of the molecule is CCNC(=NCCCN(C)c1ccccc1F)NCCc1ncc(C)s1. The van der Waals surface area contributed by atoms with Gasteiger partial charge in [0.05, 0.1) is 10.7 Å². The minimum Gasteiger partial charge on any atom is -0.372 e. The van der Waals surface area contributed by atoms with Crippen LogP contribution in [0.25, 0.3) is 0 Å². The molecular formula is C19H28FN5S. The smallest absolute Gasteiger partial charge is 0.191 e. The van der Waals surface area contributed by atoms with Crippen molar-refractivity contribution in [2.24, 2.45) is 4.99 Å². The summed E-state index contributed by atoms with van der Waals surface area (Å²) in [5.41, 5.74) is 0.625. The number of aliphatic imine (C=N–C) groups is 1. The Morgan fingerprint density at radius 2 is 2.12 bits per heavy atom. The largest absolute Gasteiger partial charge is 0.372 e. The number of halogens is 1. The highest BCUT2D eigenvalue weighted by Gasteiger charge is 2.06. The van der Waals surface area contributed by atoms with Crippen LogP contribution in [0.4, 0.5) is 10.1 Å². The quantitative estimate of drug-likeness (QED) is 0.400. The third kappa shape index (κ3) is 6.63. The van der Waals surface area contributed by atoms with Crippen molar-refractivity contribution < 1.29 is 4.39 Å². The number of benzene rings is 1. The number of rotatable bonds is 9. The summed E-state index contributed by atoms with van der Waals surface area (Å²) < 4.78 is 13.8. The van der Waals surface area contributed by atoms with Gasteiger partial charge >= 0.3 is 0 Å². The molecular weight excluding hydrogens is 349 g/mol. The molecule has 5 nitrogen and oxygen atoms in total. The van der Waals surface area contributed by atoms with E-state index in [4.69, 9.17) is 0 Å². The van der Waals surface area contributed by atoms with Gasteiger partial charge in [-0.1, -0.05) is 12.1 Å². The van der Waals surface area contributed by atoms with E-state index in [1.165, 1.54) is 10.9 Å². The Morgan fingerprint density at radius 1 is 1.31 bits per heavy atom. The monoisotopic (exact) mass is 377 g/mol. The molecule has 2 aromatic rings. The van der Waals surface area contributed by atoms with E-state index in [1.54, 1.807) is 23.5 Å². The van der Waals surface area contributed by atoms with Crippen LogP contribution in [0.3, 0.4) is 0 Å². The molecule has 0 radical (unpaired) electrons. The van der Waals surface area contributed by atoms with Crippen molar-refractivity contribution in [3.8, 4) is 0 Å². The van der Waals surface area contributed by atoms with Crippen molar-refractivity contribution in [1.82, 2.24) is 15.6 Å². The number of thiazole rings is 1. The first-order chi connectivity index (χ1) is 12.6. The molecule has 2 N–H and O–H groups in total. The van der Waals surface area contributed by atoms with Gasteiger partial charge in [-0.3, -0.25) is 4.99 Å². The van der Waals surface area contributed by atoms with E-state index in [0.29, 0.717) is 12.2 Å². The van der Waals surface area contributed by atoms with Crippen molar-refractivity contribution >= 4 is 23.0 Å². The van der Waals surface area contributed by atoms with Gasteiger partial charge in [0.1, 0.15) is 5.82 Å². The Hall–Kier alpha value is -2.15. The molecule has 26 heavy (non-hydrogen) atoms. The van der Waals surface area contributed by atoms with E-state index >= 15 is 0 Å². The zero-order valence-corrected chi connectivity index (χ0v) is 16.6. The third-order valence-corrected chi connectivity index (χ3v) is 4.80. The fourth-order valence-electron chi connectivity index (χ4n) is 2.53. The Labute approximate surface area is 159 Å². The van der Waals surface area contributed by atoms with E-state index in [0.717, 1.165) is 43.4 Å². The number of anilines is 1. The average molecular weight is 378 g/mol. The Bertz CT molecular complexity index is 701. The van der Waals surface area contributed by atoms with Gasteiger partial charge in [0.15, 0.2) is 5.96 Å². The molecule has 0 aliphatic carbocycles. The van der Waals surface area contributed by atoms with Crippen LogP contribution in [0, 0.1) is 12.7 Å². The first-order valence-electron chi connectivity index (χ1n) is 8.99. The lowest BCUT2D eigenvalue weighted by Gasteiger charge is -2.19. The predicted octanol–water partition coefficient (Wildman–Crippen LogP) is 3.21. The molecule has 1 aromatic heterocycles. The molecule has 7 heteroatoms. The summed E-state index contributed by atoms with van der Waals surface area (Å²) in [7, 11) is 1.90. The van der Waals surface area contributed by atoms with E-state index in [1.807, 2.05) is 31.1 Å². The van der Waals surface area contributed by atoms with Gasteiger partial charge in [0.25, 0.3) is 0 Å². The zero-order valence-electron chi connectivity index (χ0n) is 15.8. The minimum absolute atomic E-state index is 0.189. The van der Waals surface area contributed by atoms with E-state index in [2.05, 4.69) is 27.5 Å². The first-order valence-corrected chi connectivity index (χ1v) is 9.81. The molecule has 0 unspecified atom stereocenters. The van der Waals surface area contributed by atoms with Gasteiger partial charge < -0.3 is 15.5 Å². The average Bonchev–Trinajstić information content (AvgIpc) is 3.04. The number of guanidine groups is 1. The number of aryl methyl sites for hydroxylation is 1. The van der Waals surface area contributed by atoms with Crippen LogP contribution >= 0.6 is 11.3 Å². The summed E-state index contributed by atoms with van der Waals surface area (Å²) in [5, 5.41) is 7.73. The number of nitrogens with one attached hydrogen (secondary N) is 2. The van der Waals surface area contributed by atoms with Crippen molar-refractivity contribution in [2.45, 2.75) is 26.7 Å². The van der Waals surface area contributed by atoms with Crippen molar-refractivity contribution in [2.75, 3.05) is 38.1 Å². The lowest BCUT2D eigenvalue weighted by Crippen LogP contribution is -2.38. The van der Waals surface area contributed by atoms with Gasteiger partial charge in [0, 0.05) is 50.7 Å². The standard InChI is InChI=1S/C19H28FN5S/c1-4-21-19(23-12-10-18-24-14-15(2)26-18)22-11-7-13-25(3)17-9-6-5-8-16(17)20/h5-6,8-9,14H,4,7,10-13H2,1-3H3,(H2,21,22,23). The molecule has 0 spiro atoms. The van der Waals surface area contributed by atoms with Gasteiger partial charge in [-0.2, -0.15) is 0 Å². The van der Waals surface area contributed by atoms with Crippen LogP contribution in [0.5, 0.6) is 0 Å². The topological polar surface area (TPSA) is 52.6 Å². The van der Waals surface area contributed by atoms with Gasteiger partial charge in [-0.05, 0) is 32.4 Å². The molecule has 1 aromatic carbocycles. The fourth-order valence-corrected chi connectivity index (χ4v) is 3.31. The maximum Gasteiger partial charge on any atom is 0.191 e. The number of para-hydroxylation sites is 1. The lowest BCUT2D eigenvalue weighted by molar-refractivity contribution is 0.620. The van der Waals surface area contributed by atoms with Crippen LogP contribution < -0.4 is 15.5 Å². The molecule has 0 aliphatic heterocycles. The van der Waals surface area contributed by atoms with E-state index in [-0.39, 0.29) is 5.82 Å². The summed E-state index contributed by atoms with van der Waals surface area (Å²) >= 11 is 1.73. The number of hydrogen-bond acceptors (Lipinski definition) is 4. The van der Waals surface area contributed by atoms with Crippen LogP contribution in [-0.4, -0.2) is 44.2 Å². The van der Waals surface area contributed by atoms with Gasteiger partial charge in [0.2, 0.25) is 0 Å². The molecule has 0 aliphatic rings. The van der Waals surface area contributed by atoms with Gasteiger partial charge in [-0.15, -0.1) is 11.3 Å². The number of aromatic nitrogens is 1. The second-order valence-corrected chi connectivity index (χ2v) is 7.35. The molecule has 0 bridgehead atoms. The second kappa shape index (κ2) is 10.8. The molecule has 142 valence electrons. The van der Waals surface area contributed by atoms with Crippen molar-refractivity contribution in [3.05, 3.63) is 46.2 Å². The summed E-state index contributed by atoms with van der Waals surface area (Å²) in [6, 6.07) is 6.84. The van der Waals surface area contributed by atoms with Gasteiger partial charge in [-0.25, -0.2) is 9.37 Å². The highest BCUT2D eigenvalue weighted by Crippen LogP contribution is 2.16.